The lowest BCUT2D eigenvalue weighted by molar-refractivity contribution is -0.137. The quantitative estimate of drug-likeness (QED) is 0.177. The fourth-order valence-electron chi connectivity index (χ4n) is 4.48. The average molecular weight is 510 g/mol. The van der Waals surface area contributed by atoms with Crippen molar-refractivity contribution in [1.29, 1.82) is 0 Å². The molecule has 38 heavy (non-hydrogen) atoms. The third kappa shape index (κ3) is 4.81. The fraction of sp³-hybridized carbons (Fsp3) is 0.0625. The Balaban J connectivity index is 1.68. The summed E-state index contributed by atoms with van der Waals surface area (Å²) in [6.07, 6.45) is -1.50. The van der Waals surface area contributed by atoms with Crippen LogP contribution in [-0.4, -0.2) is 16.3 Å². The Morgan fingerprint density at radius 1 is 0.763 bits per heavy atom. The molecule has 0 fully saturated rings. The van der Waals surface area contributed by atoms with Crippen LogP contribution in [0.5, 0.6) is 0 Å². The first-order valence-electron chi connectivity index (χ1n) is 11.9. The summed E-state index contributed by atoms with van der Waals surface area (Å²) in [5, 5.41) is 0.782. The van der Waals surface area contributed by atoms with Crippen LogP contribution in [0.3, 0.4) is 0 Å². The minimum absolute atomic E-state index is 0.135. The highest BCUT2D eigenvalue weighted by atomic mass is 19.4. The van der Waals surface area contributed by atoms with Crippen LogP contribution in [0.15, 0.2) is 109 Å². The van der Waals surface area contributed by atoms with Crippen molar-refractivity contribution >= 4 is 28.7 Å². The lowest BCUT2D eigenvalue weighted by Gasteiger charge is -2.11. The molecule has 0 saturated carbocycles. The number of carbonyl (C=O) groups excluding carboxylic acids is 2. The van der Waals surface area contributed by atoms with Gasteiger partial charge in [-0.3, -0.25) is 14.2 Å². The Hall–Kier alpha value is -4.71. The number of benzene rings is 4. The summed E-state index contributed by atoms with van der Waals surface area (Å²) in [6, 6.07) is 28.2. The predicted molar refractivity (Wildman–Crippen MR) is 143 cm³/mol. The molecule has 0 atom stereocenters. The Bertz CT molecular complexity index is 1660. The molecular weight excluding hydrogens is 487 g/mol. The summed E-state index contributed by atoms with van der Waals surface area (Å²) in [5.41, 5.74) is 3.56. The van der Waals surface area contributed by atoms with E-state index in [2.05, 4.69) is 0 Å². The summed E-state index contributed by atoms with van der Waals surface area (Å²) in [7, 11) is 0. The summed E-state index contributed by atoms with van der Waals surface area (Å²) in [5.74, 6) is -0.660. The fourth-order valence-corrected chi connectivity index (χ4v) is 4.48. The van der Waals surface area contributed by atoms with Crippen LogP contribution in [0.25, 0.3) is 28.2 Å². The molecule has 0 aliphatic rings. The molecule has 0 aliphatic carbocycles. The van der Waals surface area contributed by atoms with E-state index < -0.39 is 17.5 Å². The number of carbonyl (C=O) groups is 2. The number of hydrogen-bond acceptors (Lipinski definition) is 2. The molecule has 5 rings (SSSR count). The molecule has 6 heteroatoms. The summed E-state index contributed by atoms with van der Waals surface area (Å²) >= 11 is 0. The van der Waals surface area contributed by atoms with Gasteiger partial charge in [-0.2, -0.15) is 13.2 Å². The second kappa shape index (κ2) is 9.98. The van der Waals surface area contributed by atoms with Gasteiger partial charge in [-0.1, -0.05) is 72.3 Å². The molecule has 0 unspecified atom stereocenters. The first-order chi connectivity index (χ1) is 18.2. The number of fused-ring (bicyclic) bond motifs is 1. The number of nitrogens with zero attached hydrogens (tertiary/aromatic N) is 1. The maximum atomic E-state index is 13.8. The molecule has 0 radical (unpaired) electrons. The molecule has 0 bridgehead atoms. The minimum atomic E-state index is -4.48. The van der Waals surface area contributed by atoms with Crippen molar-refractivity contribution in [3.8, 4) is 11.3 Å². The number of hydrogen-bond donors (Lipinski definition) is 0. The van der Waals surface area contributed by atoms with E-state index in [1.807, 2.05) is 61.5 Å². The number of aryl methyl sites for hydroxylation is 1. The number of allylic oxidation sites excluding steroid dienone is 1. The largest absolute Gasteiger partial charge is 0.416 e. The van der Waals surface area contributed by atoms with E-state index in [4.69, 9.17) is 0 Å². The number of aromatic nitrogens is 1. The number of rotatable bonds is 5. The maximum Gasteiger partial charge on any atom is 0.416 e. The highest BCUT2D eigenvalue weighted by Gasteiger charge is 2.30. The topological polar surface area (TPSA) is 39.1 Å². The molecular formula is C32H22F3NO2. The van der Waals surface area contributed by atoms with Crippen molar-refractivity contribution in [1.82, 2.24) is 4.57 Å². The van der Waals surface area contributed by atoms with Gasteiger partial charge in [-0.25, -0.2) is 0 Å². The number of ketones is 1. The van der Waals surface area contributed by atoms with Gasteiger partial charge in [-0.15, -0.1) is 0 Å². The molecule has 5 aromatic rings. The zero-order valence-electron chi connectivity index (χ0n) is 20.4. The molecule has 0 amide bonds. The first-order valence-corrected chi connectivity index (χ1v) is 11.9. The van der Waals surface area contributed by atoms with Crippen molar-refractivity contribution in [2.24, 2.45) is 0 Å². The van der Waals surface area contributed by atoms with E-state index in [9.17, 15) is 22.8 Å². The van der Waals surface area contributed by atoms with E-state index in [1.54, 1.807) is 34.9 Å². The first kappa shape index (κ1) is 25.0. The molecule has 1 aromatic heterocycles. The van der Waals surface area contributed by atoms with Gasteiger partial charge >= 0.3 is 6.18 Å². The second-order valence-corrected chi connectivity index (χ2v) is 8.93. The van der Waals surface area contributed by atoms with Crippen LogP contribution >= 0.6 is 0 Å². The molecule has 4 aromatic carbocycles. The summed E-state index contributed by atoms with van der Waals surface area (Å²) in [4.78, 5) is 26.8. The zero-order valence-corrected chi connectivity index (χ0v) is 20.4. The van der Waals surface area contributed by atoms with Gasteiger partial charge < -0.3 is 0 Å². The Morgan fingerprint density at radius 2 is 1.39 bits per heavy atom. The summed E-state index contributed by atoms with van der Waals surface area (Å²) in [6.45, 7) is 1.94. The van der Waals surface area contributed by atoms with Gasteiger partial charge in [0.05, 0.1) is 16.8 Å². The smallest absolute Gasteiger partial charge is 0.289 e. The second-order valence-electron chi connectivity index (χ2n) is 8.93. The van der Waals surface area contributed by atoms with E-state index in [0.29, 0.717) is 22.3 Å². The van der Waals surface area contributed by atoms with Gasteiger partial charge in [0.15, 0.2) is 5.78 Å². The molecule has 1 heterocycles. The van der Waals surface area contributed by atoms with Crippen molar-refractivity contribution in [2.75, 3.05) is 0 Å². The molecule has 0 N–H and O–H groups in total. The van der Waals surface area contributed by atoms with Crippen molar-refractivity contribution in [3.63, 3.8) is 0 Å². The van der Waals surface area contributed by atoms with E-state index >= 15 is 0 Å². The highest BCUT2D eigenvalue weighted by molar-refractivity contribution is 6.12. The van der Waals surface area contributed by atoms with Crippen LogP contribution < -0.4 is 0 Å². The van der Waals surface area contributed by atoms with Gasteiger partial charge in [0.25, 0.3) is 5.91 Å². The van der Waals surface area contributed by atoms with Crippen LogP contribution in [0.2, 0.25) is 0 Å². The molecule has 0 saturated heterocycles. The Kier molecular flexibility index (Phi) is 6.55. The highest BCUT2D eigenvalue weighted by Crippen LogP contribution is 2.36. The van der Waals surface area contributed by atoms with Crippen molar-refractivity contribution in [2.45, 2.75) is 13.1 Å². The average Bonchev–Trinajstić information content (AvgIpc) is 3.25. The van der Waals surface area contributed by atoms with Crippen LogP contribution in [0.4, 0.5) is 13.2 Å². The van der Waals surface area contributed by atoms with Crippen LogP contribution in [0, 0.1) is 6.92 Å². The number of halogens is 3. The molecule has 0 spiro atoms. The van der Waals surface area contributed by atoms with Gasteiger partial charge in [-0.05, 0) is 61.0 Å². The van der Waals surface area contributed by atoms with Crippen LogP contribution in [0.1, 0.15) is 37.4 Å². The van der Waals surface area contributed by atoms with E-state index in [1.165, 1.54) is 18.2 Å². The van der Waals surface area contributed by atoms with Crippen LogP contribution in [-0.2, 0) is 6.18 Å². The Labute approximate surface area is 217 Å². The van der Waals surface area contributed by atoms with Crippen molar-refractivity contribution in [3.05, 3.63) is 137 Å². The van der Waals surface area contributed by atoms with E-state index in [0.717, 1.165) is 28.6 Å². The maximum absolute atomic E-state index is 13.8. The third-order valence-electron chi connectivity index (χ3n) is 6.33. The van der Waals surface area contributed by atoms with Gasteiger partial charge in [0.2, 0.25) is 0 Å². The summed E-state index contributed by atoms with van der Waals surface area (Å²) < 4.78 is 40.5. The normalized spacial score (nSPS) is 11.8. The van der Waals surface area contributed by atoms with Crippen molar-refractivity contribution < 1.29 is 22.8 Å². The molecule has 3 nitrogen and oxygen atoms in total. The lowest BCUT2D eigenvalue weighted by atomic mass is 10.0. The SMILES string of the molecule is Cc1ccc2c(c1)c(/C=C/C(=O)c1ccc(C(F)(F)F)cc1)c(-c1ccccc1)n2C(=O)c1ccccc1. The lowest BCUT2D eigenvalue weighted by Crippen LogP contribution is -2.13. The monoisotopic (exact) mass is 509 g/mol. The predicted octanol–water partition coefficient (Wildman–Crippen LogP) is 8.22. The van der Waals surface area contributed by atoms with Gasteiger partial charge in [0, 0.05) is 22.1 Å². The Morgan fingerprint density at radius 3 is 2.03 bits per heavy atom. The third-order valence-corrected chi connectivity index (χ3v) is 6.33. The van der Waals surface area contributed by atoms with Gasteiger partial charge in [0.1, 0.15) is 0 Å². The molecule has 188 valence electrons. The molecule has 0 aliphatic heterocycles. The van der Waals surface area contributed by atoms with E-state index in [-0.39, 0.29) is 11.5 Å². The minimum Gasteiger partial charge on any atom is -0.289 e. The standard InChI is InChI=1S/C32H22F3NO2/c1-21-12-18-28-27(20-21)26(17-19-29(37)22-13-15-25(16-14-22)32(33,34)35)30(23-8-4-2-5-9-23)36(28)31(38)24-10-6-3-7-11-24/h2-20H,1H3/b19-17+. The zero-order chi connectivity index (χ0) is 26.9. The number of alkyl halides is 3.